The normalized spacial score (nSPS) is 11.8. The fourth-order valence-corrected chi connectivity index (χ4v) is 1.93. The van der Waals surface area contributed by atoms with Gasteiger partial charge < -0.3 is 14.4 Å². The Bertz CT molecular complexity index is 533. The summed E-state index contributed by atoms with van der Waals surface area (Å²) >= 11 is 0. The van der Waals surface area contributed by atoms with Crippen LogP contribution in [0.5, 0.6) is 0 Å². The number of amides is 1. The minimum absolute atomic E-state index is 0.228. The predicted octanol–water partition coefficient (Wildman–Crippen LogP) is 2.28. The number of para-hydroxylation sites is 1. The molecule has 0 saturated carbocycles. The van der Waals surface area contributed by atoms with Gasteiger partial charge in [0, 0.05) is 19.0 Å². The Labute approximate surface area is 106 Å². The fraction of sp³-hybridized carbons (Fsp3) is 0.357. The number of benzene rings is 1. The third-order valence-electron chi connectivity index (χ3n) is 2.61. The minimum Gasteiger partial charge on any atom is -0.451 e. The van der Waals surface area contributed by atoms with Crippen molar-refractivity contribution in [1.29, 1.82) is 0 Å². The summed E-state index contributed by atoms with van der Waals surface area (Å²) in [6, 6.07) is 9.19. The highest BCUT2D eigenvalue weighted by atomic mass is 16.3. The van der Waals surface area contributed by atoms with Crippen molar-refractivity contribution in [3.05, 3.63) is 36.1 Å². The molecule has 0 fully saturated rings. The molecule has 0 saturated heterocycles. The highest BCUT2D eigenvalue weighted by molar-refractivity contribution is 5.95. The summed E-state index contributed by atoms with van der Waals surface area (Å²) in [5.41, 5.74) is -0.228. The van der Waals surface area contributed by atoms with Gasteiger partial charge in [0.2, 0.25) is 0 Å². The number of hydrogen-bond acceptors (Lipinski definition) is 3. The van der Waals surface area contributed by atoms with Crippen molar-refractivity contribution in [3.63, 3.8) is 0 Å². The highest BCUT2D eigenvalue weighted by Crippen LogP contribution is 2.20. The average molecular weight is 247 g/mol. The number of aliphatic hydroxyl groups is 1. The molecule has 2 aromatic rings. The van der Waals surface area contributed by atoms with Crippen LogP contribution in [0.1, 0.15) is 24.4 Å². The number of hydrogen-bond donors (Lipinski definition) is 1. The van der Waals surface area contributed by atoms with Crippen molar-refractivity contribution in [2.75, 3.05) is 13.6 Å². The van der Waals surface area contributed by atoms with Gasteiger partial charge in [-0.1, -0.05) is 18.2 Å². The van der Waals surface area contributed by atoms with Crippen LogP contribution < -0.4 is 0 Å². The van der Waals surface area contributed by atoms with Crippen LogP contribution in [0.3, 0.4) is 0 Å². The monoisotopic (exact) mass is 247 g/mol. The maximum atomic E-state index is 12.1. The third-order valence-corrected chi connectivity index (χ3v) is 2.61. The molecule has 0 unspecified atom stereocenters. The quantitative estimate of drug-likeness (QED) is 0.905. The van der Waals surface area contributed by atoms with Crippen molar-refractivity contribution in [2.45, 2.75) is 19.4 Å². The van der Waals surface area contributed by atoms with Crippen molar-refractivity contribution >= 4 is 16.9 Å². The van der Waals surface area contributed by atoms with Crippen LogP contribution in [-0.4, -0.2) is 35.1 Å². The Morgan fingerprint density at radius 2 is 2.06 bits per heavy atom. The smallest absolute Gasteiger partial charge is 0.289 e. The van der Waals surface area contributed by atoms with Gasteiger partial charge >= 0.3 is 0 Å². The van der Waals surface area contributed by atoms with E-state index in [0.717, 1.165) is 5.39 Å². The van der Waals surface area contributed by atoms with Crippen LogP contribution in [0.4, 0.5) is 0 Å². The number of carbonyl (C=O) groups is 1. The van der Waals surface area contributed by atoms with E-state index in [1.165, 1.54) is 4.90 Å². The maximum Gasteiger partial charge on any atom is 0.289 e. The lowest BCUT2D eigenvalue weighted by Crippen LogP contribution is -2.39. The molecule has 0 bridgehead atoms. The first-order valence-corrected chi connectivity index (χ1v) is 5.83. The van der Waals surface area contributed by atoms with Crippen molar-refractivity contribution in [1.82, 2.24) is 4.90 Å². The van der Waals surface area contributed by atoms with Crippen LogP contribution in [-0.2, 0) is 0 Å². The highest BCUT2D eigenvalue weighted by Gasteiger charge is 2.22. The summed E-state index contributed by atoms with van der Waals surface area (Å²) in [5.74, 6) is 0.0660. The number of fused-ring (bicyclic) bond motifs is 1. The van der Waals surface area contributed by atoms with Gasteiger partial charge in [0.25, 0.3) is 5.91 Å². The van der Waals surface area contributed by atoms with Gasteiger partial charge in [0.1, 0.15) is 5.58 Å². The van der Waals surface area contributed by atoms with E-state index in [1.807, 2.05) is 24.3 Å². The van der Waals surface area contributed by atoms with Gasteiger partial charge in [-0.05, 0) is 26.0 Å². The largest absolute Gasteiger partial charge is 0.451 e. The Morgan fingerprint density at radius 1 is 1.39 bits per heavy atom. The molecule has 1 heterocycles. The Morgan fingerprint density at radius 3 is 2.67 bits per heavy atom. The van der Waals surface area contributed by atoms with Gasteiger partial charge in [-0.25, -0.2) is 0 Å². The zero-order valence-electron chi connectivity index (χ0n) is 10.8. The lowest BCUT2D eigenvalue weighted by atomic mass is 10.1. The van der Waals surface area contributed by atoms with Crippen molar-refractivity contribution in [3.8, 4) is 0 Å². The second kappa shape index (κ2) is 4.46. The summed E-state index contributed by atoms with van der Waals surface area (Å²) in [7, 11) is 1.65. The molecule has 2 rings (SSSR count). The first-order valence-electron chi connectivity index (χ1n) is 5.83. The predicted molar refractivity (Wildman–Crippen MR) is 69.5 cm³/mol. The number of carbonyl (C=O) groups excluding carboxylic acids is 1. The average Bonchev–Trinajstić information content (AvgIpc) is 2.68. The summed E-state index contributed by atoms with van der Waals surface area (Å²) in [6.45, 7) is 3.58. The first-order chi connectivity index (χ1) is 8.37. The molecule has 0 atom stereocenters. The maximum absolute atomic E-state index is 12.1. The number of likely N-dealkylation sites (N-methyl/N-ethyl adjacent to an activating group) is 1. The topological polar surface area (TPSA) is 53.7 Å². The molecule has 0 spiro atoms. The van der Waals surface area contributed by atoms with Crippen LogP contribution in [0.2, 0.25) is 0 Å². The van der Waals surface area contributed by atoms with Gasteiger partial charge in [-0.15, -0.1) is 0 Å². The molecule has 1 aromatic carbocycles. The second-order valence-electron chi connectivity index (χ2n) is 5.12. The van der Waals surface area contributed by atoms with Crippen LogP contribution >= 0.6 is 0 Å². The van der Waals surface area contributed by atoms with Crippen LogP contribution in [0.25, 0.3) is 11.0 Å². The van der Waals surface area contributed by atoms with E-state index in [-0.39, 0.29) is 12.5 Å². The Balaban J connectivity index is 2.23. The summed E-state index contributed by atoms with van der Waals surface area (Å²) < 4.78 is 5.49. The lowest BCUT2D eigenvalue weighted by Gasteiger charge is -2.24. The molecular weight excluding hydrogens is 230 g/mol. The van der Waals surface area contributed by atoms with Gasteiger partial charge in [-0.2, -0.15) is 0 Å². The van der Waals surface area contributed by atoms with E-state index in [9.17, 15) is 9.90 Å². The third kappa shape index (κ3) is 2.71. The summed E-state index contributed by atoms with van der Waals surface area (Å²) in [5, 5.41) is 10.6. The molecule has 0 aliphatic rings. The van der Waals surface area contributed by atoms with Crippen molar-refractivity contribution in [2.24, 2.45) is 0 Å². The molecule has 0 radical (unpaired) electrons. The minimum atomic E-state index is -0.920. The molecular formula is C14H17NO3. The zero-order valence-corrected chi connectivity index (χ0v) is 10.8. The summed E-state index contributed by atoms with van der Waals surface area (Å²) in [4.78, 5) is 13.6. The van der Waals surface area contributed by atoms with Crippen LogP contribution in [0.15, 0.2) is 34.7 Å². The zero-order chi connectivity index (χ0) is 13.3. The second-order valence-corrected chi connectivity index (χ2v) is 5.12. The summed E-state index contributed by atoms with van der Waals surface area (Å²) in [6.07, 6.45) is 0. The number of rotatable bonds is 3. The van der Waals surface area contributed by atoms with Gasteiger partial charge in [0.15, 0.2) is 5.76 Å². The Kier molecular flexibility index (Phi) is 3.13. The number of furan rings is 1. The van der Waals surface area contributed by atoms with E-state index < -0.39 is 5.60 Å². The van der Waals surface area contributed by atoms with E-state index in [4.69, 9.17) is 4.42 Å². The van der Waals surface area contributed by atoms with Crippen molar-refractivity contribution < 1.29 is 14.3 Å². The number of nitrogens with zero attached hydrogens (tertiary/aromatic N) is 1. The molecule has 1 N–H and O–H groups in total. The molecule has 96 valence electrons. The van der Waals surface area contributed by atoms with E-state index in [2.05, 4.69) is 0 Å². The standard InChI is InChI=1S/C14H17NO3/c1-14(2,17)9-15(3)13(16)12-8-10-6-4-5-7-11(10)18-12/h4-8,17H,9H2,1-3H3. The first kappa shape index (κ1) is 12.6. The van der Waals surface area contributed by atoms with Crippen LogP contribution in [0, 0.1) is 0 Å². The Hall–Kier alpha value is -1.81. The molecule has 1 amide bonds. The van der Waals surface area contributed by atoms with E-state index >= 15 is 0 Å². The SMILES string of the molecule is CN(CC(C)(C)O)C(=O)c1cc2ccccc2o1. The molecule has 18 heavy (non-hydrogen) atoms. The van der Waals surface area contributed by atoms with E-state index in [0.29, 0.717) is 11.3 Å². The van der Waals surface area contributed by atoms with Gasteiger partial charge in [0.05, 0.1) is 5.60 Å². The molecule has 4 nitrogen and oxygen atoms in total. The molecule has 4 heteroatoms. The lowest BCUT2D eigenvalue weighted by molar-refractivity contribution is 0.0353. The molecule has 1 aromatic heterocycles. The molecule has 0 aliphatic carbocycles. The molecule has 0 aliphatic heterocycles. The van der Waals surface area contributed by atoms with E-state index in [1.54, 1.807) is 27.0 Å². The van der Waals surface area contributed by atoms with Gasteiger partial charge in [-0.3, -0.25) is 4.79 Å². The fourth-order valence-electron chi connectivity index (χ4n) is 1.93.